The molecule has 0 aliphatic heterocycles. The molecule has 0 spiro atoms. The highest BCUT2D eigenvalue weighted by molar-refractivity contribution is 9.10. The molecule has 0 fully saturated rings. The summed E-state index contributed by atoms with van der Waals surface area (Å²) in [6.45, 7) is 0. The van der Waals surface area contributed by atoms with Gasteiger partial charge in [-0.25, -0.2) is 9.37 Å². The van der Waals surface area contributed by atoms with Crippen LogP contribution in [-0.2, 0) is 0 Å². The van der Waals surface area contributed by atoms with Crippen LogP contribution >= 0.6 is 15.9 Å². The molecule has 0 saturated carbocycles. The van der Waals surface area contributed by atoms with Crippen LogP contribution in [0.2, 0.25) is 0 Å². The first-order valence-electron chi connectivity index (χ1n) is 6.99. The molecule has 7 nitrogen and oxygen atoms in total. The number of nitro groups is 1. The summed E-state index contributed by atoms with van der Waals surface area (Å²) < 4.78 is 20.0. The molecule has 0 saturated heterocycles. The maximum atomic E-state index is 14.0. The molecule has 9 heteroatoms. The molecule has 2 aromatic carbocycles. The molecule has 0 atom stereocenters. The van der Waals surface area contributed by atoms with Gasteiger partial charge in [0.2, 0.25) is 5.82 Å². The second-order valence-corrected chi connectivity index (χ2v) is 5.71. The lowest BCUT2D eigenvalue weighted by Crippen LogP contribution is -2.04. The van der Waals surface area contributed by atoms with Crippen molar-refractivity contribution in [2.24, 2.45) is 0 Å². The molecule has 3 rings (SSSR count). The van der Waals surface area contributed by atoms with Crippen LogP contribution in [0.5, 0.6) is 11.6 Å². The Morgan fingerprint density at radius 2 is 1.92 bits per heavy atom. The molecule has 0 unspecified atom stereocenters. The highest BCUT2D eigenvalue weighted by atomic mass is 79.9. The number of ether oxygens (including phenoxy) is 1. The molecule has 1 N–H and O–H groups in total. The van der Waals surface area contributed by atoms with Crippen molar-refractivity contribution in [2.45, 2.75) is 0 Å². The van der Waals surface area contributed by atoms with Crippen molar-refractivity contribution in [1.29, 1.82) is 0 Å². The highest BCUT2D eigenvalue weighted by Crippen LogP contribution is 2.35. The molecule has 0 aliphatic carbocycles. The Hall–Kier alpha value is -3.07. The average Bonchev–Trinajstić information content (AvgIpc) is 2.58. The van der Waals surface area contributed by atoms with Crippen LogP contribution in [0.3, 0.4) is 0 Å². The predicted octanol–water partition coefficient (Wildman–Crippen LogP) is 4.82. The number of benzene rings is 2. The zero-order chi connectivity index (χ0) is 17.8. The average molecular weight is 405 g/mol. The number of hydrogen-bond donors (Lipinski definition) is 1. The van der Waals surface area contributed by atoms with Gasteiger partial charge in [-0.3, -0.25) is 10.1 Å². The largest absolute Gasteiger partial charge is 0.434 e. The van der Waals surface area contributed by atoms with Gasteiger partial charge in [0, 0.05) is 4.47 Å². The Bertz CT molecular complexity index is 925. The maximum Gasteiger partial charge on any atom is 0.373 e. The summed E-state index contributed by atoms with van der Waals surface area (Å²) in [7, 11) is 0. The Morgan fingerprint density at radius 3 is 2.60 bits per heavy atom. The van der Waals surface area contributed by atoms with E-state index in [0.29, 0.717) is 10.2 Å². The number of nitrogens with one attached hydrogen (secondary N) is 1. The summed E-state index contributed by atoms with van der Waals surface area (Å²) in [6.07, 6.45) is 1.10. The fourth-order valence-electron chi connectivity index (χ4n) is 2.01. The molecule has 0 bridgehead atoms. The van der Waals surface area contributed by atoms with E-state index in [1.807, 2.05) is 0 Å². The number of nitrogens with zero attached hydrogens (tertiary/aromatic N) is 3. The molecule has 0 amide bonds. The van der Waals surface area contributed by atoms with Gasteiger partial charge in [-0.05, 0) is 30.3 Å². The fraction of sp³-hybridized carbons (Fsp3) is 0. The van der Waals surface area contributed by atoms with E-state index in [1.54, 1.807) is 36.4 Å². The first-order valence-corrected chi connectivity index (χ1v) is 7.78. The Kier molecular flexibility index (Phi) is 4.85. The predicted molar refractivity (Wildman–Crippen MR) is 92.6 cm³/mol. The SMILES string of the molecule is O=[N+]([O-])c1c(Nc2ccc(Br)cc2F)ncnc1Oc1ccccc1. The summed E-state index contributed by atoms with van der Waals surface area (Å²) in [6, 6.07) is 12.8. The van der Waals surface area contributed by atoms with Gasteiger partial charge in [-0.15, -0.1) is 0 Å². The molecule has 25 heavy (non-hydrogen) atoms. The fourth-order valence-corrected chi connectivity index (χ4v) is 2.35. The van der Waals surface area contributed by atoms with E-state index in [0.717, 1.165) is 6.33 Å². The molecule has 0 aliphatic rings. The van der Waals surface area contributed by atoms with Crippen LogP contribution in [0, 0.1) is 15.9 Å². The van der Waals surface area contributed by atoms with E-state index in [4.69, 9.17) is 4.74 Å². The number of halogens is 2. The molecule has 126 valence electrons. The molecular formula is C16H10BrFN4O3. The van der Waals surface area contributed by atoms with Gasteiger partial charge < -0.3 is 10.1 Å². The lowest BCUT2D eigenvalue weighted by atomic mass is 10.3. The number of para-hydroxylation sites is 1. The standard InChI is InChI=1S/C16H10BrFN4O3/c17-10-6-7-13(12(18)8-10)21-15-14(22(23)24)16(20-9-19-15)25-11-4-2-1-3-5-11/h1-9H,(H,19,20,21). The third-order valence-corrected chi connectivity index (χ3v) is 3.61. The minimum absolute atomic E-state index is 0.0376. The molecule has 1 heterocycles. The minimum Gasteiger partial charge on any atom is -0.434 e. The van der Waals surface area contributed by atoms with Gasteiger partial charge in [0.15, 0.2) is 0 Å². The van der Waals surface area contributed by atoms with Crippen molar-refractivity contribution in [1.82, 2.24) is 9.97 Å². The topological polar surface area (TPSA) is 90.2 Å². The van der Waals surface area contributed by atoms with Crippen molar-refractivity contribution in [3.8, 4) is 11.6 Å². The van der Waals surface area contributed by atoms with E-state index in [9.17, 15) is 14.5 Å². The quantitative estimate of drug-likeness (QED) is 0.484. The zero-order valence-electron chi connectivity index (χ0n) is 12.5. The second kappa shape index (κ2) is 7.22. The van der Waals surface area contributed by atoms with E-state index in [2.05, 4.69) is 31.2 Å². The summed E-state index contributed by atoms with van der Waals surface area (Å²) in [5, 5.41) is 14.1. The van der Waals surface area contributed by atoms with Gasteiger partial charge >= 0.3 is 11.6 Å². The number of aromatic nitrogens is 2. The van der Waals surface area contributed by atoms with Crippen molar-refractivity contribution in [3.63, 3.8) is 0 Å². The van der Waals surface area contributed by atoms with Crippen molar-refractivity contribution in [2.75, 3.05) is 5.32 Å². The Balaban J connectivity index is 1.99. The van der Waals surface area contributed by atoms with Crippen LogP contribution in [0.25, 0.3) is 0 Å². The maximum absolute atomic E-state index is 14.0. The smallest absolute Gasteiger partial charge is 0.373 e. The number of anilines is 2. The molecule has 1 aromatic heterocycles. The van der Waals surface area contributed by atoms with Crippen LogP contribution in [0.1, 0.15) is 0 Å². The van der Waals surface area contributed by atoms with Crippen molar-refractivity contribution in [3.05, 3.63) is 75.3 Å². The second-order valence-electron chi connectivity index (χ2n) is 4.80. The van der Waals surface area contributed by atoms with E-state index in [1.165, 1.54) is 12.1 Å². The van der Waals surface area contributed by atoms with Gasteiger partial charge in [0.25, 0.3) is 0 Å². The third kappa shape index (κ3) is 3.89. The first kappa shape index (κ1) is 16.8. The van der Waals surface area contributed by atoms with Gasteiger partial charge in [0.05, 0.1) is 10.6 Å². The molecular weight excluding hydrogens is 395 g/mol. The normalized spacial score (nSPS) is 10.3. The van der Waals surface area contributed by atoms with Crippen LogP contribution in [0.15, 0.2) is 59.3 Å². The molecule has 3 aromatic rings. The van der Waals surface area contributed by atoms with E-state index < -0.39 is 16.4 Å². The minimum atomic E-state index is -0.683. The lowest BCUT2D eigenvalue weighted by Gasteiger charge is -2.10. The van der Waals surface area contributed by atoms with Crippen LogP contribution < -0.4 is 10.1 Å². The summed E-state index contributed by atoms with van der Waals surface area (Å²) >= 11 is 3.15. The van der Waals surface area contributed by atoms with Gasteiger partial charge in [-0.2, -0.15) is 4.98 Å². The van der Waals surface area contributed by atoms with Crippen molar-refractivity contribution >= 4 is 33.1 Å². The number of hydrogen-bond acceptors (Lipinski definition) is 6. The summed E-state index contributed by atoms with van der Waals surface area (Å²) in [4.78, 5) is 18.4. The van der Waals surface area contributed by atoms with Crippen LogP contribution in [-0.4, -0.2) is 14.9 Å². The lowest BCUT2D eigenvalue weighted by molar-refractivity contribution is -0.385. The van der Waals surface area contributed by atoms with Gasteiger partial charge in [-0.1, -0.05) is 34.1 Å². The first-order chi connectivity index (χ1) is 12.0. The number of rotatable bonds is 5. The highest BCUT2D eigenvalue weighted by Gasteiger charge is 2.25. The summed E-state index contributed by atoms with van der Waals surface area (Å²) in [5.74, 6) is -0.628. The third-order valence-electron chi connectivity index (χ3n) is 3.11. The zero-order valence-corrected chi connectivity index (χ0v) is 14.1. The summed E-state index contributed by atoms with van der Waals surface area (Å²) in [5.41, 5.74) is -0.454. The van der Waals surface area contributed by atoms with Gasteiger partial charge in [0.1, 0.15) is 17.9 Å². The molecule has 0 radical (unpaired) electrons. The van der Waals surface area contributed by atoms with E-state index >= 15 is 0 Å². The Labute approximate surface area is 149 Å². The monoisotopic (exact) mass is 404 g/mol. The van der Waals surface area contributed by atoms with Crippen molar-refractivity contribution < 1.29 is 14.1 Å². The van der Waals surface area contributed by atoms with E-state index in [-0.39, 0.29) is 17.4 Å². The van der Waals surface area contributed by atoms with Crippen LogP contribution in [0.4, 0.5) is 21.6 Å². The Morgan fingerprint density at radius 1 is 1.16 bits per heavy atom.